The van der Waals surface area contributed by atoms with Gasteiger partial charge in [0.05, 0.1) is 5.56 Å². The van der Waals surface area contributed by atoms with Gasteiger partial charge in [0.1, 0.15) is 0 Å². The third-order valence-corrected chi connectivity index (χ3v) is 5.16. The fourth-order valence-electron chi connectivity index (χ4n) is 2.64. The molecule has 2 amide bonds. The van der Waals surface area contributed by atoms with Crippen molar-refractivity contribution in [3.8, 4) is 0 Å². The number of anilines is 1. The zero-order valence-electron chi connectivity index (χ0n) is 12.5. The summed E-state index contributed by atoms with van der Waals surface area (Å²) in [6, 6.07) is 4.34. The number of carbonyl (C=O) groups is 2. The highest BCUT2D eigenvalue weighted by molar-refractivity contribution is 9.10. The Kier molecular flexibility index (Phi) is 3.78. The van der Waals surface area contributed by atoms with Crippen molar-refractivity contribution in [3.05, 3.63) is 28.2 Å². The molecule has 3 N–H and O–H groups in total. The van der Waals surface area contributed by atoms with Crippen LogP contribution in [0.3, 0.4) is 0 Å². The number of carbonyl (C=O) groups excluding carboxylic acids is 1. The molecule has 1 saturated carbocycles. The molecular formula is C15H19BrN2O3. The SMILES string of the molecule is CC1(C)C(NC(=O)Nc2cc(Br)cc(C(=O)O)c2)C1(C)C. The Morgan fingerprint density at radius 2 is 1.71 bits per heavy atom. The molecule has 0 bridgehead atoms. The zero-order chi connectivity index (χ0) is 16.0. The maximum absolute atomic E-state index is 12.0. The van der Waals surface area contributed by atoms with Gasteiger partial charge in [0.25, 0.3) is 0 Å². The van der Waals surface area contributed by atoms with E-state index in [0.717, 1.165) is 0 Å². The Labute approximate surface area is 132 Å². The molecule has 0 heterocycles. The summed E-state index contributed by atoms with van der Waals surface area (Å²) in [5.41, 5.74) is 0.657. The molecule has 0 aliphatic heterocycles. The quantitative estimate of drug-likeness (QED) is 0.774. The van der Waals surface area contributed by atoms with Crippen LogP contribution in [0.25, 0.3) is 0 Å². The highest BCUT2D eigenvalue weighted by Gasteiger charge is 2.65. The lowest BCUT2D eigenvalue weighted by molar-refractivity contribution is 0.0697. The van der Waals surface area contributed by atoms with E-state index in [2.05, 4.69) is 54.3 Å². The molecular weight excluding hydrogens is 336 g/mol. The van der Waals surface area contributed by atoms with E-state index in [4.69, 9.17) is 5.11 Å². The molecule has 5 nitrogen and oxygen atoms in total. The molecule has 1 aliphatic carbocycles. The van der Waals surface area contributed by atoms with Gasteiger partial charge in [0, 0.05) is 16.2 Å². The number of hydrogen-bond acceptors (Lipinski definition) is 2. The fourth-order valence-corrected chi connectivity index (χ4v) is 3.13. The molecule has 1 aliphatic rings. The number of carboxylic acid groups (broad SMARTS) is 1. The molecule has 1 aromatic rings. The van der Waals surface area contributed by atoms with Crippen molar-refractivity contribution >= 4 is 33.6 Å². The molecule has 0 unspecified atom stereocenters. The van der Waals surface area contributed by atoms with E-state index >= 15 is 0 Å². The summed E-state index contributed by atoms with van der Waals surface area (Å²) in [7, 11) is 0. The summed E-state index contributed by atoms with van der Waals surface area (Å²) < 4.78 is 0.602. The van der Waals surface area contributed by atoms with Gasteiger partial charge in [-0.1, -0.05) is 43.6 Å². The Balaban J connectivity index is 2.06. The predicted molar refractivity (Wildman–Crippen MR) is 84.6 cm³/mol. The normalized spacial score (nSPS) is 18.9. The van der Waals surface area contributed by atoms with Crippen molar-refractivity contribution in [1.82, 2.24) is 5.32 Å². The van der Waals surface area contributed by atoms with Crippen LogP contribution in [0.4, 0.5) is 10.5 Å². The standard InChI is InChI=1S/C15H19BrN2O3/c1-14(2)12(15(14,3)4)18-13(21)17-10-6-8(11(19)20)5-9(16)7-10/h5-7,12H,1-4H3,(H,19,20)(H2,17,18,21). The first-order chi connectivity index (χ1) is 9.55. The minimum atomic E-state index is -1.04. The molecule has 0 atom stereocenters. The Hall–Kier alpha value is -1.56. The van der Waals surface area contributed by atoms with Crippen LogP contribution >= 0.6 is 15.9 Å². The second-order valence-corrected chi connectivity index (χ2v) is 7.42. The molecule has 0 aromatic heterocycles. The smallest absolute Gasteiger partial charge is 0.335 e. The van der Waals surface area contributed by atoms with Crippen LogP contribution in [0.15, 0.2) is 22.7 Å². The summed E-state index contributed by atoms with van der Waals surface area (Å²) in [5.74, 6) is -1.04. The van der Waals surface area contributed by atoms with E-state index in [1.54, 1.807) is 6.07 Å². The molecule has 114 valence electrons. The van der Waals surface area contributed by atoms with E-state index < -0.39 is 5.97 Å². The molecule has 1 aromatic carbocycles. The maximum Gasteiger partial charge on any atom is 0.335 e. The van der Waals surface area contributed by atoms with Gasteiger partial charge in [-0.15, -0.1) is 0 Å². The van der Waals surface area contributed by atoms with E-state index in [0.29, 0.717) is 10.2 Å². The van der Waals surface area contributed by atoms with Gasteiger partial charge >= 0.3 is 12.0 Å². The van der Waals surface area contributed by atoms with Crippen LogP contribution in [0.1, 0.15) is 38.1 Å². The number of rotatable bonds is 3. The monoisotopic (exact) mass is 354 g/mol. The first-order valence-electron chi connectivity index (χ1n) is 6.67. The van der Waals surface area contributed by atoms with Crippen LogP contribution < -0.4 is 10.6 Å². The number of aromatic carboxylic acids is 1. The lowest BCUT2D eigenvalue weighted by atomic mass is 10.0. The van der Waals surface area contributed by atoms with Crippen molar-refractivity contribution in [2.45, 2.75) is 33.7 Å². The number of carboxylic acids is 1. The first kappa shape index (κ1) is 15.8. The molecule has 21 heavy (non-hydrogen) atoms. The number of benzene rings is 1. The van der Waals surface area contributed by atoms with E-state index in [1.165, 1.54) is 12.1 Å². The van der Waals surface area contributed by atoms with Crippen LogP contribution in [0.5, 0.6) is 0 Å². The Bertz CT molecular complexity index is 597. The molecule has 0 spiro atoms. The van der Waals surface area contributed by atoms with Gasteiger partial charge in [-0.25, -0.2) is 9.59 Å². The van der Waals surface area contributed by atoms with E-state index in [-0.39, 0.29) is 28.5 Å². The van der Waals surface area contributed by atoms with E-state index in [9.17, 15) is 9.59 Å². The van der Waals surface area contributed by atoms with Crippen molar-refractivity contribution in [1.29, 1.82) is 0 Å². The third-order valence-electron chi connectivity index (χ3n) is 4.70. The minimum absolute atomic E-state index is 0.0494. The zero-order valence-corrected chi connectivity index (χ0v) is 14.0. The first-order valence-corrected chi connectivity index (χ1v) is 7.46. The van der Waals surface area contributed by atoms with Crippen LogP contribution in [-0.4, -0.2) is 23.1 Å². The molecule has 0 saturated heterocycles. The summed E-state index contributed by atoms with van der Waals surface area (Å²) in [5, 5.41) is 14.6. The summed E-state index contributed by atoms with van der Waals surface area (Å²) in [4.78, 5) is 23.0. The largest absolute Gasteiger partial charge is 0.478 e. The van der Waals surface area contributed by atoms with Gasteiger partial charge in [-0.2, -0.15) is 0 Å². The number of halogens is 1. The van der Waals surface area contributed by atoms with Crippen LogP contribution in [0, 0.1) is 10.8 Å². The lowest BCUT2D eigenvalue weighted by Gasteiger charge is -2.10. The number of nitrogens with one attached hydrogen (secondary N) is 2. The second kappa shape index (κ2) is 5.02. The summed E-state index contributed by atoms with van der Waals surface area (Å²) >= 11 is 3.24. The van der Waals surface area contributed by atoms with Crippen molar-refractivity contribution in [2.24, 2.45) is 10.8 Å². The summed E-state index contributed by atoms with van der Waals surface area (Å²) in [6.45, 7) is 8.44. The molecule has 0 radical (unpaired) electrons. The van der Waals surface area contributed by atoms with Crippen molar-refractivity contribution in [2.75, 3.05) is 5.32 Å². The second-order valence-electron chi connectivity index (χ2n) is 6.51. The average molecular weight is 355 g/mol. The van der Waals surface area contributed by atoms with Crippen LogP contribution in [-0.2, 0) is 0 Å². The number of urea groups is 1. The number of amides is 2. The molecule has 6 heteroatoms. The van der Waals surface area contributed by atoms with Gasteiger partial charge in [0.2, 0.25) is 0 Å². The third kappa shape index (κ3) is 2.90. The maximum atomic E-state index is 12.0. The summed E-state index contributed by atoms with van der Waals surface area (Å²) in [6.07, 6.45) is 0. The Morgan fingerprint density at radius 3 is 2.19 bits per heavy atom. The van der Waals surface area contributed by atoms with E-state index in [1.807, 2.05) is 0 Å². The van der Waals surface area contributed by atoms with Crippen LogP contribution in [0.2, 0.25) is 0 Å². The fraction of sp³-hybridized carbons (Fsp3) is 0.467. The van der Waals surface area contributed by atoms with Gasteiger partial charge in [0.15, 0.2) is 0 Å². The van der Waals surface area contributed by atoms with Gasteiger partial charge in [-0.3, -0.25) is 0 Å². The van der Waals surface area contributed by atoms with Crippen molar-refractivity contribution < 1.29 is 14.7 Å². The lowest BCUT2D eigenvalue weighted by Crippen LogP contribution is -2.33. The van der Waals surface area contributed by atoms with Gasteiger partial charge < -0.3 is 15.7 Å². The van der Waals surface area contributed by atoms with Gasteiger partial charge in [-0.05, 0) is 29.0 Å². The topological polar surface area (TPSA) is 78.4 Å². The molecule has 2 rings (SSSR count). The van der Waals surface area contributed by atoms with Crippen molar-refractivity contribution in [3.63, 3.8) is 0 Å². The molecule has 1 fully saturated rings. The highest BCUT2D eigenvalue weighted by atomic mass is 79.9. The number of hydrogen-bond donors (Lipinski definition) is 3. The highest BCUT2D eigenvalue weighted by Crippen LogP contribution is 2.62. The minimum Gasteiger partial charge on any atom is -0.478 e. The Morgan fingerprint density at radius 1 is 1.14 bits per heavy atom. The average Bonchev–Trinajstić information content (AvgIpc) is 2.70. The predicted octanol–water partition coefficient (Wildman–Crippen LogP) is 3.70.